The molecule has 130 valence electrons. The van der Waals surface area contributed by atoms with Gasteiger partial charge < -0.3 is 10.1 Å². The van der Waals surface area contributed by atoms with Gasteiger partial charge >= 0.3 is 0 Å². The minimum absolute atomic E-state index is 0.0407. The molecule has 1 aromatic heterocycles. The topological polar surface area (TPSA) is 56.1 Å². The second-order valence-electron chi connectivity index (χ2n) is 6.46. The van der Waals surface area contributed by atoms with Crippen molar-refractivity contribution in [3.8, 4) is 0 Å². The van der Waals surface area contributed by atoms with Crippen molar-refractivity contribution in [2.75, 3.05) is 7.11 Å². The molecular weight excluding hydrogens is 304 g/mol. The van der Waals surface area contributed by atoms with Gasteiger partial charge in [-0.2, -0.15) is 5.10 Å². The first-order valence-electron chi connectivity index (χ1n) is 8.11. The van der Waals surface area contributed by atoms with Crippen LogP contribution in [0.5, 0.6) is 0 Å². The third-order valence-corrected chi connectivity index (χ3v) is 4.19. The maximum absolute atomic E-state index is 13.4. The van der Waals surface area contributed by atoms with Crippen LogP contribution in [0.2, 0.25) is 0 Å². The maximum atomic E-state index is 13.4. The van der Waals surface area contributed by atoms with Crippen molar-refractivity contribution in [1.82, 2.24) is 15.1 Å². The summed E-state index contributed by atoms with van der Waals surface area (Å²) in [7, 11) is 1.61. The lowest BCUT2D eigenvalue weighted by molar-refractivity contribution is 0.0390. The molecule has 0 radical (unpaired) electrons. The molecule has 0 aliphatic heterocycles. The highest BCUT2D eigenvalue weighted by atomic mass is 19.3. The van der Waals surface area contributed by atoms with E-state index in [0.717, 1.165) is 25.7 Å². The molecule has 1 aromatic rings. The minimum Gasteiger partial charge on any atom is -0.379 e. The molecular formula is C16H25F2N3O2. The highest BCUT2D eigenvalue weighted by Crippen LogP contribution is 2.25. The number of nitrogens with one attached hydrogen (secondary N) is 1. The molecule has 0 bridgehead atoms. The second kappa shape index (κ2) is 7.86. The fourth-order valence-electron chi connectivity index (χ4n) is 3.08. The van der Waals surface area contributed by atoms with Gasteiger partial charge in [-0.25, -0.2) is 8.78 Å². The van der Waals surface area contributed by atoms with E-state index in [-0.39, 0.29) is 29.3 Å². The summed E-state index contributed by atoms with van der Waals surface area (Å²) in [5, 5.41) is 6.82. The van der Waals surface area contributed by atoms with E-state index in [9.17, 15) is 13.6 Å². The Hall–Kier alpha value is -1.50. The van der Waals surface area contributed by atoms with Crippen molar-refractivity contribution < 1.29 is 18.3 Å². The SMILES string of the molecule is CO[C@H]1CCCC[C@@H]1NC(=O)c1cnn(CC(C)C)c1C(F)F. The molecule has 0 aromatic carbocycles. The van der Waals surface area contributed by atoms with E-state index >= 15 is 0 Å². The van der Waals surface area contributed by atoms with E-state index in [0.29, 0.717) is 6.54 Å². The Kier molecular flexibility index (Phi) is 6.10. The molecule has 0 spiro atoms. The molecule has 1 aliphatic carbocycles. The maximum Gasteiger partial charge on any atom is 0.280 e. The lowest BCUT2D eigenvalue weighted by Gasteiger charge is -2.31. The largest absolute Gasteiger partial charge is 0.379 e. The lowest BCUT2D eigenvalue weighted by Crippen LogP contribution is -2.46. The Labute approximate surface area is 135 Å². The van der Waals surface area contributed by atoms with Crippen LogP contribution >= 0.6 is 0 Å². The predicted octanol–water partition coefficient (Wildman–Crippen LogP) is 3.16. The van der Waals surface area contributed by atoms with E-state index in [1.807, 2.05) is 13.8 Å². The van der Waals surface area contributed by atoms with E-state index in [1.165, 1.54) is 10.9 Å². The van der Waals surface area contributed by atoms with Crippen LogP contribution in [0.1, 0.15) is 62.0 Å². The van der Waals surface area contributed by atoms with Crippen molar-refractivity contribution in [2.45, 2.75) is 64.6 Å². The number of ether oxygens (including phenoxy) is 1. The van der Waals surface area contributed by atoms with Crippen LogP contribution in [-0.2, 0) is 11.3 Å². The summed E-state index contributed by atoms with van der Waals surface area (Å²) >= 11 is 0. The first kappa shape index (κ1) is 17.8. The van der Waals surface area contributed by atoms with E-state index in [1.54, 1.807) is 7.11 Å². The number of carbonyl (C=O) groups is 1. The van der Waals surface area contributed by atoms with Crippen molar-refractivity contribution in [3.05, 3.63) is 17.5 Å². The molecule has 0 unspecified atom stereocenters. The van der Waals surface area contributed by atoms with Gasteiger partial charge in [-0.3, -0.25) is 9.48 Å². The van der Waals surface area contributed by atoms with Crippen LogP contribution in [0, 0.1) is 5.92 Å². The Bertz CT molecular complexity index is 531. The third-order valence-electron chi connectivity index (χ3n) is 4.19. The number of amides is 1. The summed E-state index contributed by atoms with van der Waals surface area (Å²) in [5.41, 5.74) is -0.345. The number of carbonyl (C=O) groups excluding carboxylic acids is 1. The molecule has 1 fully saturated rings. The number of aromatic nitrogens is 2. The summed E-state index contributed by atoms with van der Waals surface area (Å²) in [6.07, 6.45) is 2.17. The Morgan fingerprint density at radius 3 is 2.74 bits per heavy atom. The molecule has 23 heavy (non-hydrogen) atoms. The molecule has 0 saturated heterocycles. The van der Waals surface area contributed by atoms with Gasteiger partial charge in [0.05, 0.1) is 23.9 Å². The molecule has 5 nitrogen and oxygen atoms in total. The molecule has 2 rings (SSSR count). The standard InChI is InChI=1S/C16H25F2N3O2/c1-10(2)9-21-14(15(17)18)11(8-19-21)16(22)20-12-6-4-5-7-13(12)23-3/h8,10,12-13,15H,4-7,9H2,1-3H3,(H,20,22)/t12-,13-/m0/s1. The van der Waals surface area contributed by atoms with Gasteiger partial charge in [0.25, 0.3) is 12.3 Å². The summed E-state index contributed by atoms with van der Waals surface area (Å²) in [5.74, 6) is -0.330. The summed E-state index contributed by atoms with van der Waals surface area (Å²) in [4.78, 5) is 12.4. The smallest absolute Gasteiger partial charge is 0.280 e. The molecule has 1 saturated carbocycles. The number of alkyl halides is 2. The Morgan fingerprint density at radius 2 is 2.13 bits per heavy atom. The van der Waals surface area contributed by atoms with Crippen molar-refractivity contribution in [3.63, 3.8) is 0 Å². The average molecular weight is 329 g/mol. The van der Waals surface area contributed by atoms with Crippen molar-refractivity contribution >= 4 is 5.91 Å². The first-order chi connectivity index (χ1) is 10.9. The second-order valence-corrected chi connectivity index (χ2v) is 6.46. The van der Waals surface area contributed by atoms with Crippen LogP contribution in [0.25, 0.3) is 0 Å². The number of methoxy groups -OCH3 is 1. The number of halogens is 2. The molecule has 1 amide bonds. The number of hydrogen-bond donors (Lipinski definition) is 1. The molecule has 2 atom stereocenters. The van der Waals surface area contributed by atoms with Gasteiger partial charge in [-0.05, 0) is 18.8 Å². The number of nitrogens with zero attached hydrogens (tertiary/aromatic N) is 2. The summed E-state index contributed by atoms with van der Waals surface area (Å²) in [6, 6.07) is -0.139. The van der Waals surface area contributed by atoms with Crippen LogP contribution in [0.15, 0.2) is 6.20 Å². The zero-order chi connectivity index (χ0) is 17.0. The molecule has 1 aliphatic rings. The van der Waals surface area contributed by atoms with E-state index in [4.69, 9.17) is 4.74 Å². The lowest BCUT2D eigenvalue weighted by atomic mass is 9.92. The first-order valence-corrected chi connectivity index (χ1v) is 8.11. The highest BCUT2D eigenvalue weighted by Gasteiger charge is 2.30. The van der Waals surface area contributed by atoms with Gasteiger partial charge in [-0.15, -0.1) is 0 Å². The zero-order valence-electron chi connectivity index (χ0n) is 13.9. The van der Waals surface area contributed by atoms with Crippen molar-refractivity contribution in [1.29, 1.82) is 0 Å². The Balaban J connectivity index is 2.16. The fourth-order valence-corrected chi connectivity index (χ4v) is 3.08. The quantitative estimate of drug-likeness (QED) is 0.872. The predicted molar refractivity (Wildman–Crippen MR) is 82.5 cm³/mol. The average Bonchev–Trinajstić information content (AvgIpc) is 2.90. The fraction of sp³-hybridized carbons (Fsp3) is 0.750. The van der Waals surface area contributed by atoms with Crippen LogP contribution in [0.3, 0.4) is 0 Å². The van der Waals surface area contributed by atoms with Gasteiger partial charge in [0.15, 0.2) is 0 Å². The number of hydrogen-bond acceptors (Lipinski definition) is 3. The third kappa shape index (κ3) is 4.28. The van der Waals surface area contributed by atoms with Crippen LogP contribution in [0.4, 0.5) is 8.78 Å². The summed E-state index contributed by atoms with van der Waals surface area (Å²) < 4.78 is 33.4. The normalized spacial score (nSPS) is 21.9. The zero-order valence-corrected chi connectivity index (χ0v) is 13.9. The van der Waals surface area contributed by atoms with Gasteiger partial charge in [0, 0.05) is 13.7 Å². The molecule has 7 heteroatoms. The van der Waals surface area contributed by atoms with E-state index in [2.05, 4.69) is 10.4 Å². The Morgan fingerprint density at radius 1 is 1.43 bits per heavy atom. The van der Waals surface area contributed by atoms with Gasteiger partial charge in [0.1, 0.15) is 5.69 Å². The number of rotatable bonds is 6. The van der Waals surface area contributed by atoms with Gasteiger partial charge in [-0.1, -0.05) is 26.7 Å². The van der Waals surface area contributed by atoms with Gasteiger partial charge in [0.2, 0.25) is 0 Å². The summed E-state index contributed by atoms with van der Waals surface area (Å²) in [6.45, 7) is 4.20. The van der Waals surface area contributed by atoms with E-state index < -0.39 is 12.3 Å². The van der Waals surface area contributed by atoms with Crippen LogP contribution < -0.4 is 5.32 Å². The molecule has 1 N–H and O–H groups in total. The molecule has 1 heterocycles. The van der Waals surface area contributed by atoms with Crippen molar-refractivity contribution in [2.24, 2.45) is 5.92 Å². The minimum atomic E-state index is -2.73. The van der Waals surface area contributed by atoms with Crippen LogP contribution in [-0.4, -0.2) is 34.9 Å². The monoisotopic (exact) mass is 329 g/mol. The highest BCUT2D eigenvalue weighted by molar-refractivity contribution is 5.95.